The van der Waals surface area contributed by atoms with E-state index in [0.29, 0.717) is 22.8 Å². The molecule has 1 fully saturated rings. The van der Waals surface area contributed by atoms with Crippen molar-refractivity contribution in [2.45, 2.75) is 25.7 Å². The molecule has 1 aliphatic rings. The van der Waals surface area contributed by atoms with Crippen molar-refractivity contribution in [3.63, 3.8) is 0 Å². The van der Waals surface area contributed by atoms with Crippen molar-refractivity contribution in [1.29, 1.82) is 0 Å². The van der Waals surface area contributed by atoms with E-state index in [9.17, 15) is 9.90 Å². The van der Waals surface area contributed by atoms with Crippen molar-refractivity contribution in [1.82, 2.24) is 15.0 Å². The molecule has 1 aliphatic carbocycles. The monoisotopic (exact) mass is 251 g/mol. The van der Waals surface area contributed by atoms with Gasteiger partial charge in [-0.15, -0.1) is 0 Å². The fourth-order valence-electron chi connectivity index (χ4n) is 2.06. The van der Waals surface area contributed by atoms with Gasteiger partial charge in [-0.1, -0.05) is 11.6 Å². The molecule has 0 bridgehead atoms. The number of hydrogen-bond donors (Lipinski definition) is 2. The maximum Gasteiger partial charge on any atom is 0.339 e. The van der Waals surface area contributed by atoms with E-state index in [2.05, 4.69) is 15.0 Å². The standard InChI is InChI=1S/C11H10ClN3O2/c1-4-13-8(5-2-3-5)6-7(11(16)17)9(12)15-10(6)14-4/h5H,2-3H2,1H3,(H,16,17)(H,13,14,15). The summed E-state index contributed by atoms with van der Waals surface area (Å²) in [5, 5.41) is 9.87. The number of nitrogens with zero attached hydrogens (tertiary/aromatic N) is 2. The highest BCUT2D eigenvalue weighted by atomic mass is 35.5. The summed E-state index contributed by atoms with van der Waals surface area (Å²) < 4.78 is 0. The Labute approximate surface area is 102 Å². The Morgan fingerprint density at radius 3 is 2.76 bits per heavy atom. The number of aromatic carboxylic acids is 1. The first kappa shape index (κ1) is 10.5. The molecule has 2 heterocycles. The molecule has 1 saturated carbocycles. The quantitative estimate of drug-likeness (QED) is 0.859. The Bertz CT molecular complexity index is 631. The largest absolute Gasteiger partial charge is 0.478 e. The summed E-state index contributed by atoms with van der Waals surface area (Å²) >= 11 is 5.91. The lowest BCUT2D eigenvalue weighted by molar-refractivity contribution is 0.0699. The number of carboxylic acid groups (broad SMARTS) is 1. The summed E-state index contributed by atoms with van der Waals surface area (Å²) in [7, 11) is 0. The van der Waals surface area contributed by atoms with Gasteiger partial charge in [0.15, 0.2) is 0 Å². The number of carboxylic acids is 1. The molecule has 0 atom stereocenters. The van der Waals surface area contributed by atoms with Gasteiger partial charge in [0.25, 0.3) is 0 Å². The smallest absolute Gasteiger partial charge is 0.339 e. The molecule has 2 aromatic rings. The molecule has 2 N–H and O–H groups in total. The van der Waals surface area contributed by atoms with E-state index in [-0.39, 0.29) is 10.7 Å². The second-order valence-electron chi connectivity index (χ2n) is 4.27. The van der Waals surface area contributed by atoms with Crippen LogP contribution in [0.5, 0.6) is 0 Å². The molecule has 5 nitrogen and oxygen atoms in total. The molecule has 17 heavy (non-hydrogen) atoms. The number of aryl methyl sites for hydroxylation is 1. The van der Waals surface area contributed by atoms with Gasteiger partial charge in [0.2, 0.25) is 0 Å². The van der Waals surface area contributed by atoms with Crippen molar-refractivity contribution in [3.8, 4) is 0 Å². The minimum absolute atomic E-state index is 0.0866. The average Bonchev–Trinajstić information content (AvgIpc) is 2.99. The second kappa shape index (κ2) is 3.43. The lowest BCUT2D eigenvalue weighted by atomic mass is 10.1. The Balaban J connectivity index is 2.40. The third-order valence-corrected chi connectivity index (χ3v) is 3.21. The molecule has 0 radical (unpaired) electrons. The average molecular weight is 252 g/mol. The summed E-state index contributed by atoms with van der Waals surface area (Å²) in [6.45, 7) is 1.79. The molecule has 3 rings (SSSR count). The molecule has 0 amide bonds. The summed E-state index contributed by atoms with van der Waals surface area (Å²) in [5.41, 5.74) is 1.42. The Kier molecular flexibility index (Phi) is 2.13. The number of nitrogens with one attached hydrogen (secondary N) is 1. The Hall–Kier alpha value is -1.62. The number of hydrogen-bond acceptors (Lipinski definition) is 3. The van der Waals surface area contributed by atoms with Gasteiger partial charge in [0.1, 0.15) is 22.2 Å². The summed E-state index contributed by atoms with van der Waals surface area (Å²) in [6.07, 6.45) is 2.10. The van der Waals surface area contributed by atoms with E-state index in [0.717, 1.165) is 18.5 Å². The SMILES string of the molecule is Cc1nc(C2CC2)c2c(C(=O)O)c(Cl)[nH]c2n1. The second-order valence-corrected chi connectivity index (χ2v) is 4.65. The van der Waals surface area contributed by atoms with E-state index in [1.54, 1.807) is 6.92 Å². The van der Waals surface area contributed by atoms with Crippen LogP contribution in [-0.4, -0.2) is 26.0 Å². The summed E-state index contributed by atoms with van der Waals surface area (Å²) in [6, 6.07) is 0. The van der Waals surface area contributed by atoms with E-state index >= 15 is 0 Å². The molecule has 2 aromatic heterocycles. The zero-order chi connectivity index (χ0) is 12.2. The normalized spacial score (nSPS) is 15.4. The molecule has 0 aliphatic heterocycles. The van der Waals surface area contributed by atoms with E-state index in [4.69, 9.17) is 11.6 Å². The first-order valence-electron chi connectivity index (χ1n) is 5.37. The highest BCUT2D eigenvalue weighted by Crippen LogP contribution is 2.43. The molecule has 0 unspecified atom stereocenters. The third kappa shape index (κ3) is 1.58. The van der Waals surface area contributed by atoms with Gasteiger partial charge < -0.3 is 10.1 Å². The van der Waals surface area contributed by atoms with E-state index in [1.165, 1.54) is 0 Å². The van der Waals surface area contributed by atoms with Crippen LogP contribution < -0.4 is 0 Å². The van der Waals surface area contributed by atoms with Crippen LogP contribution in [0.3, 0.4) is 0 Å². The predicted molar refractivity (Wildman–Crippen MR) is 62.6 cm³/mol. The van der Waals surface area contributed by atoms with Crippen LogP contribution >= 0.6 is 11.6 Å². The van der Waals surface area contributed by atoms with Crippen molar-refractivity contribution in [2.75, 3.05) is 0 Å². The minimum atomic E-state index is -1.05. The van der Waals surface area contributed by atoms with Gasteiger partial charge in [-0.25, -0.2) is 14.8 Å². The zero-order valence-corrected chi connectivity index (χ0v) is 9.88. The minimum Gasteiger partial charge on any atom is -0.478 e. The van der Waals surface area contributed by atoms with Crippen molar-refractivity contribution < 1.29 is 9.90 Å². The molecule has 88 valence electrons. The van der Waals surface area contributed by atoms with Crippen LogP contribution in [0.15, 0.2) is 0 Å². The lowest BCUT2D eigenvalue weighted by Gasteiger charge is -2.02. The fraction of sp³-hybridized carbons (Fsp3) is 0.364. The van der Waals surface area contributed by atoms with Crippen molar-refractivity contribution in [3.05, 3.63) is 22.2 Å². The molecule has 0 aromatic carbocycles. The molecular formula is C11H10ClN3O2. The fourth-order valence-corrected chi connectivity index (χ4v) is 2.33. The van der Waals surface area contributed by atoms with Gasteiger partial charge in [-0.3, -0.25) is 0 Å². The first-order chi connectivity index (χ1) is 8.08. The Morgan fingerprint density at radius 1 is 1.47 bits per heavy atom. The molecule has 0 saturated heterocycles. The number of aromatic nitrogens is 3. The van der Waals surface area contributed by atoms with Gasteiger partial charge in [-0.2, -0.15) is 0 Å². The highest BCUT2D eigenvalue weighted by Gasteiger charge is 2.31. The van der Waals surface area contributed by atoms with Crippen LogP contribution in [0.1, 0.15) is 40.6 Å². The maximum atomic E-state index is 11.2. The number of aromatic amines is 1. The predicted octanol–water partition coefficient (Wildman–Crippen LogP) is 2.50. The number of halogens is 1. The number of rotatable bonds is 2. The van der Waals surface area contributed by atoms with Crippen LogP contribution in [-0.2, 0) is 0 Å². The van der Waals surface area contributed by atoms with Gasteiger partial charge in [0.05, 0.1) is 11.1 Å². The molecular weight excluding hydrogens is 242 g/mol. The van der Waals surface area contributed by atoms with Crippen LogP contribution in [0.2, 0.25) is 5.15 Å². The van der Waals surface area contributed by atoms with Crippen molar-refractivity contribution in [2.24, 2.45) is 0 Å². The molecule has 0 spiro atoms. The van der Waals surface area contributed by atoms with E-state index < -0.39 is 5.97 Å². The Morgan fingerprint density at radius 2 is 2.18 bits per heavy atom. The van der Waals surface area contributed by atoms with Gasteiger partial charge in [0, 0.05) is 5.92 Å². The summed E-state index contributed by atoms with van der Waals surface area (Å²) in [4.78, 5) is 22.6. The van der Waals surface area contributed by atoms with Gasteiger partial charge >= 0.3 is 5.97 Å². The van der Waals surface area contributed by atoms with Crippen molar-refractivity contribution >= 4 is 28.6 Å². The number of carbonyl (C=O) groups is 1. The van der Waals surface area contributed by atoms with Crippen LogP contribution in [0, 0.1) is 6.92 Å². The third-order valence-electron chi connectivity index (χ3n) is 2.92. The topological polar surface area (TPSA) is 78.9 Å². The lowest BCUT2D eigenvalue weighted by Crippen LogP contribution is -2.00. The highest BCUT2D eigenvalue weighted by molar-refractivity contribution is 6.34. The van der Waals surface area contributed by atoms with Crippen LogP contribution in [0.4, 0.5) is 0 Å². The van der Waals surface area contributed by atoms with E-state index in [1.807, 2.05) is 0 Å². The number of fused-ring (bicyclic) bond motifs is 1. The first-order valence-corrected chi connectivity index (χ1v) is 5.74. The summed E-state index contributed by atoms with van der Waals surface area (Å²) in [5.74, 6) is -0.0611. The number of H-pyrrole nitrogens is 1. The van der Waals surface area contributed by atoms with Crippen LogP contribution in [0.25, 0.3) is 11.0 Å². The molecule has 6 heteroatoms. The maximum absolute atomic E-state index is 11.2. The zero-order valence-electron chi connectivity index (χ0n) is 9.12. The van der Waals surface area contributed by atoms with Gasteiger partial charge in [-0.05, 0) is 19.8 Å².